The molecule has 0 radical (unpaired) electrons. The van der Waals surface area contributed by atoms with Gasteiger partial charge < -0.3 is 10.1 Å². The van der Waals surface area contributed by atoms with E-state index in [9.17, 15) is 0 Å². The molecule has 0 fully saturated rings. The fourth-order valence-corrected chi connectivity index (χ4v) is 1.26. The standard InChI is InChI=1S/C9H21NO/c1-4-9(8-10-2)6-5-7-11-3/h9-10H,4-8H2,1-3H3. The van der Waals surface area contributed by atoms with Gasteiger partial charge in [0.25, 0.3) is 0 Å². The monoisotopic (exact) mass is 159 g/mol. The highest BCUT2D eigenvalue weighted by Gasteiger charge is 2.03. The molecule has 0 rings (SSSR count). The summed E-state index contributed by atoms with van der Waals surface area (Å²) in [4.78, 5) is 0. The van der Waals surface area contributed by atoms with E-state index < -0.39 is 0 Å². The summed E-state index contributed by atoms with van der Waals surface area (Å²) in [5.74, 6) is 0.829. The zero-order valence-corrected chi connectivity index (χ0v) is 8.02. The summed E-state index contributed by atoms with van der Waals surface area (Å²) in [5, 5.41) is 3.20. The summed E-state index contributed by atoms with van der Waals surface area (Å²) in [6.07, 6.45) is 3.74. The van der Waals surface area contributed by atoms with E-state index in [1.54, 1.807) is 7.11 Å². The van der Waals surface area contributed by atoms with E-state index in [4.69, 9.17) is 4.74 Å². The molecule has 68 valence electrons. The average Bonchev–Trinajstić information content (AvgIpc) is 2.03. The Morgan fingerprint density at radius 3 is 2.64 bits per heavy atom. The quantitative estimate of drug-likeness (QED) is 0.570. The van der Waals surface area contributed by atoms with Crippen molar-refractivity contribution in [2.24, 2.45) is 5.92 Å². The van der Waals surface area contributed by atoms with Crippen LogP contribution < -0.4 is 5.32 Å². The fourth-order valence-electron chi connectivity index (χ4n) is 1.26. The first-order chi connectivity index (χ1) is 5.35. The van der Waals surface area contributed by atoms with Gasteiger partial charge in [0.2, 0.25) is 0 Å². The number of hydrogen-bond acceptors (Lipinski definition) is 2. The van der Waals surface area contributed by atoms with E-state index in [0.29, 0.717) is 0 Å². The summed E-state index contributed by atoms with van der Waals surface area (Å²) < 4.78 is 4.99. The van der Waals surface area contributed by atoms with Crippen molar-refractivity contribution in [1.82, 2.24) is 5.32 Å². The topological polar surface area (TPSA) is 21.3 Å². The minimum atomic E-state index is 0.829. The molecule has 0 aliphatic heterocycles. The van der Waals surface area contributed by atoms with Crippen LogP contribution in [0.15, 0.2) is 0 Å². The molecule has 0 aliphatic rings. The minimum absolute atomic E-state index is 0.829. The van der Waals surface area contributed by atoms with Crippen LogP contribution in [0, 0.1) is 5.92 Å². The molecule has 0 aromatic carbocycles. The highest BCUT2D eigenvalue weighted by atomic mass is 16.5. The number of rotatable bonds is 7. The summed E-state index contributed by atoms with van der Waals surface area (Å²) >= 11 is 0. The molecule has 1 atom stereocenters. The molecule has 0 aliphatic carbocycles. The predicted octanol–water partition coefficient (Wildman–Crippen LogP) is 1.66. The van der Waals surface area contributed by atoms with Crippen LogP contribution in [0.25, 0.3) is 0 Å². The van der Waals surface area contributed by atoms with Gasteiger partial charge >= 0.3 is 0 Å². The van der Waals surface area contributed by atoms with Gasteiger partial charge in [-0.2, -0.15) is 0 Å². The first kappa shape index (κ1) is 10.9. The van der Waals surface area contributed by atoms with Crippen LogP contribution in [-0.4, -0.2) is 27.3 Å². The van der Waals surface area contributed by atoms with Gasteiger partial charge in [-0.3, -0.25) is 0 Å². The highest BCUT2D eigenvalue weighted by Crippen LogP contribution is 2.09. The Labute approximate surface area is 70.3 Å². The first-order valence-corrected chi connectivity index (χ1v) is 4.48. The van der Waals surface area contributed by atoms with Crippen molar-refractivity contribution in [2.75, 3.05) is 27.3 Å². The zero-order chi connectivity index (χ0) is 8.53. The van der Waals surface area contributed by atoms with Gasteiger partial charge in [-0.05, 0) is 32.4 Å². The van der Waals surface area contributed by atoms with Crippen molar-refractivity contribution in [2.45, 2.75) is 26.2 Å². The van der Waals surface area contributed by atoms with E-state index in [1.165, 1.54) is 19.3 Å². The Bertz CT molecular complexity index is 76.0. The van der Waals surface area contributed by atoms with Gasteiger partial charge in [0, 0.05) is 13.7 Å². The van der Waals surface area contributed by atoms with Crippen molar-refractivity contribution in [3.8, 4) is 0 Å². The third-order valence-corrected chi connectivity index (χ3v) is 2.03. The van der Waals surface area contributed by atoms with Gasteiger partial charge in [-0.1, -0.05) is 13.3 Å². The Hall–Kier alpha value is -0.0800. The van der Waals surface area contributed by atoms with Crippen molar-refractivity contribution in [1.29, 1.82) is 0 Å². The SMILES string of the molecule is CCC(CCCOC)CNC. The molecule has 0 spiro atoms. The van der Waals surface area contributed by atoms with Crippen molar-refractivity contribution >= 4 is 0 Å². The number of methoxy groups -OCH3 is 1. The van der Waals surface area contributed by atoms with Crippen molar-refractivity contribution in [3.63, 3.8) is 0 Å². The van der Waals surface area contributed by atoms with Gasteiger partial charge in [0.15, 0.2) is 0 Å². The summed E-state index contributed by atoms with van der Waals surface area (Å²) in [5.41, 5.74) is 0. The van der Waals surface area contributed by atoms with Gasteiger partial charge in [-0.15, -0.1) is 0 Å². The van der Waals surface area contributed by atoms with Crippen LogP contribution in [0.2, 0.25) is 0 Å². The van der Waals surface area contributed by atoms with Crippen LogP contribution in [0.1, 0.15) is 26.2 Å². The van der Waals surface area contributed by atoms with Gasteiger partial charge in [-0.25, -0.2) is 0 Å². The molecule has 0 saturated heterocycles. The van der Waals surface area contributed by atoms with E-state index in [2.05, 4.69) is 12.2 Å². The lowest BCUT2D eigenvalue weighted by Gasteiger charge is -2.12. The smallest absolute Gasteiger partial charge is 0.0462 e. The Balaban J connectivity index is 3.20. The summed E-state index contributed by atoms with van der Waals surface area (Å²) in [7, 11) is 3.78. The van der Waals surface area contributed by atoms with Crippen LogP contribution in [0.3, 0.4) is 0 Å². The molecule has 0 saturated carbocycles. The number of hydrogen-bond donors (Lipinski definition) is 1. The summed E-state index contributed by atoms with van der Waals surface area (Å²) in [6.45, 7) is 4.29. The second kappa shape index (κ2) is 8.02. The lowest BCUT2D eigenvalue weighted by molar-refractivity contribution is 0.186. The molecule has 0 bridgehead atoms. The zero-order valence-electron chi connectivity index (χ0n) is 8.02. The van der Waals surface area contributed by atoms with E-state index in [0.717, 1.165) is 19.1 Å². The third kappa shape index (κ3) is 6.32. The molecular weight excluding hydrogens is 138 g/mol. The molecule has 1 unspecified atom stereocenters. The molecule has 2 heteroatoms. The highest BCUT2D eigenvalue weighted by molar-refractivity contribution is 4.58. The first-order valence-electron chi connectivity index (χ1n) is 4.48. The maximum absolute atomic E-state index is 4.99. The number of ether oxygens (including phenoxy) is 1. The Morgan fingerprint density at radius 2 is 2.18 bits per heavy atom. The molecule has 1 N–H and O–H groups in total. The van der Waals surface area contributed by atoms with E-state index >= 15 is 0 Å². The minimum Gasteiger partial charge on any atom is -0.385 e. The largest absolute Gasteiger partial charge is 0.385 e. The van der Waals surface area contributed by atoms with Crippen LogP contribution in [0.4, 0.5) is 0 Å². The van der Waals surface area contributed by atoms with Crippen molar-refractivity contribution in [3.05, 3.63) is 0 Å². The van der Waals surface area contributed by atoms with Crippen molar-refractivity contribution < 1.29 is 4.74 Å². The maximum atomic E-state index is 4.99. The third-order valence-electron chi connectivity index (χ3n) is 2.03. The molecule has 0 amide bonds. The molecule has 11 heavy (non-hydrogen) atoms. The second-order valence-electron chi connectivity index (χ2n) is 2.97. The normalized spacial score (nSPS) is 13.4. The van der Waals surface area contributed by atoms with Gasteiger partial charge in [0.1, 0.15) is 0 Å². The van der Waals surface area contributed by atoms with E-state index in [1.807, 2.05) is 7.05 Å². The Morgan fingerprint density at radius 1 is 1.45 bits per heavy atom. The molecule has 0 aromatic rings. The lowest BCUT2D eigenvalue weighted by Crippen LogP contribution is -2.18. The Kier molecular flexibility index (Phi) is 7.96. The van der Waals surface area contributed by atoms with Gasteiger partial charge in [0.05, 0.1) is 0 Å². The van der Waals surface area contributed by atoms with Crippen LogP contribution in [-0.2, 0) is 4.74 Å². The fraction of sp³-hybridized carbons (Fsp3) is 1.00. The predicted molar refractivity (Wildman–Crippen MR) is 48.8 cm³/mol. The van der Waals surface area contributed by atoms with Crippen LogP contribution in [0.5, 0.6) is 0 Å². The molecule has 0 heterocycles. The second-order valence-corrected chi connectivity index (χ2v) is 2.97. The maximum Gasteiger partial charge on any atom is 0.0462 e. The molecular formula is C9H21NO. The van der Waals surface area contributed by atoms with Crippen LogP contribution >= 0.6 is 0 Å². The summed E-state index contributed by atoms with van der Waals surface area (Å²) in [6, 6.07) is 0. The number of nitrogens with one attached hydrogen (secondary N) is 1. The van der Waals surface area contributed by atoms with E-state index in [-0.39, 0.29) is 0 Å². The average molecular weight is 159 g/mol. The molecule has 0 aromatic heterocycles. The lowest BCUT2D eigenvalue weighted by atomic mass is 10.0. The molecule has 2 nitrogen and oxygen atoms in total.